The third-order valence-electron chi connectivity index (χ3n) is 5.11. The zero-order valence-corrected chi connectivity index (χ0v) is 19.8. The van der Waals surface area contributed by atoms with Crippen molar-refractivity contribution in [1.29, 1.82) is 0 Å². The molecule has 0 saturated carbocycles. The number of anilines is 2. The molecule has 0 fully saturated rings. The SMILES string of the molecule is O=c1nc(Nc2ccc(Oc3ccc(F)cn3)c(F)c2)n(Cc2ccc(Cl)cc2)c(=O)n1C[C@H](O)CO. The molecule has 2 aromatic heterocycles. The average Bonchev–Trinajstić information content (AvgIpc) is 2.88. The van der Waals surface area contributed by atoms with E-state index in [1.807, 2.05) is 0 Å². The summed E-state index contributed by atoms with van der Waals surface area (Å²) in [5.74, 6) is -1.77. The minimum absolute atomic E-state index is 0.0202. The molecule has 0 spiro atoms. The van der Waals surface area contributed by atoms with Gasteiger partial charge < -0.3 is 20.3 Å². The van der Waals surface area contributed by atoms with Gasteiger partial charge in [-0.15, -0.1) is 0 Å². The van der Waals surface area contributed by atoms with Crippen molar-refractivity contribution >= 4 is 23.2 Å². The molecular weight excluding hydrogens is 512 g/mol. The molecule has 37 heavy (non-hydrogen) atoms. The molecule has 10 nitrogen and oxygen atoms in total. The third-order valence-corrected chi connectivity index (χ3v) is 5.36. The molecule has 1 atom stereocenters. The lowest BCUT2D eigenvalue weighted by Gasteiger charge is -2.17. The number of ether oxygens (including phenoxy) is 1. The maximum absolute atomic E-state index is 14.7. The van der Waals surface area contributed by atoms with Crippen molar-refractivity contribution in [2.24, 2.45) is 0 Å². The molecule has 4 aromatic rings. The number of hydrogen-bond donors (Lipinski definition) is 3. The Labute approximate surface area is 213 Å². The van der Waals surface area contributed by atoms with E-state index in [1.165, 1.54) is 18.2 Å². The lowest BCUT2D eigenvalue weighted by Crippen LogP contribution is -2.45. The van der Waals surface area contributed by atoms with Crippen LogP contribution in [-0.2, 0) is 13.1 Å². The molecule has 0 unspecified atom stereocenters. The Balaban J connectivity index is 1.67. The minimum Gasteiger partial charge on any atom is -0.436 e. The Morgan fingerprint density at radius 3 is 2.46 bits per heavy atom. The Hall–Kier alpha value is -4.13. The highest BCUT2D eigenvalue weighted by Gasteiger charge is 2.17. The summed E-state index contributed by atoms with van der Waals surface area (Å²) in [5.41, 5.74) is -1.00. The predicted octanol–water partition coefficient (Wildman–Crippen LogP) is 2.67. The van der Waals surface area contributed by atoms with Gasteiger partial charge in [-0.1, -0.05) is 23.7 Å². The standard InChI is InChI=1S/C24H20ClF2N5O5/c25-15-3-1-14(2-4-15)11-31-22(30-23(35)32(24(31)36)12-18(34)13-33)29-17-6-7-20(19(27)9-17)37-21-8-5-16(26)10-28-21/h1-10,18,33-34H,11-13H2,(H,29,30,35)/t18-/m0/s1. The van der Waals surface area contributed by atoms with E-state index >= 15 is 0 Å². The van der Waals surface area contributed by atoms with Crippen LogP contribution in [0.4, 0.5) is 20.4 Å². The maximum Gasteiger partial charge on any atom is 0.355 e. The zero-order valence-electron chi connectivity index (χ0n) is 19.0. The van der Waals surface area contributed by atoms with Crippen molar-refractivity contribution in [3.8, 4) is 11.6 Å². The molecule has 0 saturated heterocycles. The topological polar surface area (TPSA) is 132 Å². The highest BCUT2D eigenvalue weighted by atomic mass is 35.5. The maximum atomic E-state index is 14.7. The molecule has 192 valence electrons. The van der Waals surface area contributed by atoms with Crippen molar-refractivity contribution in [1.82, 2.24) is 19.1 Å². The smallest absolute Gasteiger partial charge is 0.355 e. The fourth-order valence-electron chi connectivity index (χ4n) is 3.29. The molecule has 13 heteroatoms. The number of aromatic nitrogens is 4. The fourth-order valence-corrected chi connectivity index (χ4v) is 3.42. The summed E-state index contributed by atoms with van der Waals surface area (Å²) in [5, 5.41) is 22.1. The third kappa shape index (κ3) is 6.36. The summed E-state index contributed by atoms with van der Waals surface area (Å²) in [6.07, 6.45) is -0.427. The van der Waals surface area contributed by atoms with Gasteiger partial charge in [0.2, 0.25) is 11.8 Å². The molecular formula is C24H20ClF2N5O5. The molecule has 4 rings (SSSR count). The van der Waals surface area contributed by atoms with E-state index in [1.54, 1.807) is 24.3 Å². The monoisotopic (exact) mass is 531 g/mol. The Kier molecular flexibility index (Phi) is 7.92. The van der Waals surface area contributed by atoms with Crippen LogP contribution in [0.3, 0.4) is 0 Å². The molecule has 0 aliphatic carbocycles. The van der Waals surface area contributed by atoms with Crippen molar-refractivity contribution < 1.29 is 23.7 Å². The van der Waals surface area contributed by atoms with Gasteiger partial charge in [-0.2, -0.15) is 4.98 Å². The number of aliphatic hydroxyl groups excluding tert-OH is 2. The summed E-state index contributed by atoms with van der Waals surface area (Å²) in [7, 11) is 0. The molecule has 2 heterocycles. The van der Waals surface area contributed by atoms with E-state index in [-0.39, 0.29) is 29.8 Å². The second-order valence-corrected chi connectivity index (χ2v) is 8.28. The molecule has 0 aliphatic heterocycles. The normalized spacial score (nSPS) is 11.8. The minimum atomic E-state index is -1.35. The van der Waals surface area contributed by atoms with E-state index in [2.05, 4.69) is 15.3 Å². The van der Waals surface area contributed by atoms with Crippen LogP contribution in [0, 0.1) is 11.6 Å². The van der Waals surface area contributed by atoms with Crippen LogP contribution in [0.1, 0.15) is 5.56 Å². The van der Waals surface area contributed by atoms with Crippen LogP contribution < -0.4 is 21.4 Å². The summed E-state index contributed by atoms with van der Waals surface area (Å²) >= 11 is 5.93. The lowest BCUT2D eigenvalue weighted by atomic mass is 10.2. The van der Waals surface area contributed by atoms with Crippen molar-refractivity contribution in [2.45, 2.75) is 19.2 Å². The molecule has 0 aliphatic rings. The van der Waals surface area contributed by atoms with Crippen LogP contribution >= 0.6 is 11.6 Å². The zero-order chi connectivity index (χ0) is 26.5. The van der Waals surface area contributed by atoms with E-state index < -0.39 is 42.3 Å². The van der Waals surface area contributed by atoms with Crippen molar-refractivity contribution in [3.63, 3.8) is 0 Å². The summed E-state index contributed by atoms with van der Waals surface area (Å²) in [6, 6.07) is 12.7. The van der Waals surface area contributed by atoms with Crippen molar-refractivity contribution in [3.05, 3.63) is 104 Å². The number of halogens is 3. The van der Waals surface area contributed by atoms with Gasteiger partial charge in [-0.05, 0) is 35.9 Å². The van der Waals surface area contributed by atoms with Gasteiger partial charge >= 0.3 is 11.4 Å². The van der Waals surface area contributed by atoms with Crippen LogP contribution in [0.25, 0.3) is 0 Å². The summed E-state index contributed by atoms with van der Waals surface area (Å²) < 4.78 is 34.9. The summed E-state index contributed by atoms with van der Waals surface area (Å²) in [4.78, 5) is 33.3. The van der Waals surface area contributed by atoms with Crippen LogP contribution in [0.15, 0.2) is 70.4 Å². The van der Waals surface area contributed by atoms with Gasteiger partial charge in [0.05, 0.1) is 32.0 Å². The Bertz CT molecular complexity index is 1510. The van der Waals surface area contributed by atoms with E-state index in [0.717, 1.165) is 22.9 Å². The second-order valence-electron chi connectivity index (χ2n) is 7.85. The molecule has 3 N–H and O–H groups in total. The first-order valence-electron chi connectivity index (χ1n) is 10.8. The predicted molar refractivity (Wildman–Crippen MR) is 130 cm³/mol. The average molecular weight is 532 g/mol. The summed E-state index contributed by atoms with van der Waals surface area (Å²) in [6.45, 7) is -1.18. The quantitative estimate of drug-likeness (QED) is 0.300. The van der Waals surface area contributed by atoms with E-state index in [0.29, 0.717) is 15.2 Å². The molecule has 0 radical (unpaired) electrons. The van der Waals surface area contributed by atoms with Crippen LogP contribution in [-0.4, -0.2) is 42.0 Å². The highest BCUT2D eigenvalue weighted by molar-refractivity contribution is 6.30. The lowest BCUT2D eigenvalue weighted by molar-refractivity contribution is 0.0785. The number of rotatable bonds is 9. The number of aliphatic hydroxyl groups is 2. The van der Waals surface area contributed by atoms with Gasteiger partial charge in [0.1, 0.15) is 5.82 Å². The van der Waals surface area contributed by atoms with Gasteiger partial charge in [-0.3, -0.25) is 4.57 Å². The number of pyridine rings is 1. The second kappa shape index (κ2) is 11.3. The van der Waals surface area contributed by atoms with Crippen LogP contribution in [0.5, 0.6) is 11.6 Å². The first kappa shape index (κ1) is 25.9. The molecule has 2 aromatic carbocycles. The molecule has 0 bridgehead atoms. The number of nitrogens with zero attached hydrogens (tertiary/aromatic N) is 4. The van der Waals surface area contributed by atoms with E-state index in [4.69, 9.17) is 21.4 Å². The van der Waals surface area contributed by atoms with Gasteiger partial charge in [0.25, 0.3) is 0 Å². The van der Waals surface area contributed by atoms with Gasteiger partial charge in [0, 0.05) is 22.8 Å². The molecule has 0 amide bonds. The fraction of sp³-hybridized carbons (Fsp3) is 0.167. The number of nitrogens with one attached hydrogen (secondary N) is 1. The largest absolute Gasteiger partial charge is 0.436 e. The first-order valence-corrected chi connectivity index (χ1v) is 11.2. The van der Waals surface area contributed by atoms with E-state index in [9.17, 15) is 23.5 Å². The Morgan fingerprint density at radius 1 is 1.05 bits per heavy atom. The Morgan fingerprint density at radius 2 is 1.81 bits per heavy atom. The van der Waals surface area contributed by atoms with Crippen molar-refractivity contribution in [2.75, 3.05) is 11.9 Å². The van der Waals surface area contributed by atoms with Crippen LogP contribution in [0.2, 0.25) is 5.02 Å². The van der Waals surface area contributed by atoms with Gasteiger partial charge in [-0.25, -0.2) is 27.9 Å². The first-order chi connectivity index (χ1) is 17.7. The highest BCUT2D eigenvalue weighted by Crippen LogP contribution is 2.26. The van der Waals surface area contributed by atoms with Gasteiger partial charge in [0.15, 0.2) is 11.6 Å². The number of benzene rings is 2. The number of hydrogen-bond acceptors (Lipinski definition) is 8.